The molecule has 1 aliphatic heterocycles. The third-order valence-corrected chi connectivity index (χ3v) is 6.73. The minimum atomic E-state index is -3.02. The van der Waals surface area contributed by atoms with Gasteiger partial charge in [-0.2, -0.15) is 0 Å². The van der Waals surface area contributed by atoms with Crippen molar-refractivity contribution in [3.63, 3.8) is 0 Å². The number of aromatic nitrogens is 1. The summed E-state index contributed by atoms with van der Waals surface area (Å²) in [5.74, 6) is -0.0405. The number of amides is 1. The van der Waals surface area contributed by atoms with Crippen molar-refractivity contribution in [2.75, 3.05) is 24.3 Å². The molecule has 0 aromatic carbocycles. The number of carbonyl (C=O) groups is 1. The normalized spacial score (nSPS) is 20.8. The minimum absolute atomic E-state index is 0.0338. The molecule has 8 heteroatoms. The summed E-state index contributed by atoms with van der Waals surface area (Å²) < 4.78 is 24.0. The highest BCUT2D eigenvalue weighted by molar-refractivity contribution is 8.00. The smallest absolute Gasteiger partial charge is 0.273 e. The highest BCUT2D eigenvalue weighted by Crippen LogP contribution is 2.23. The Morgan fingerprint density at radius 2 is 2.45 bits per heavy atom. The number of rotatable bonds is 5. The molecular formula is C12H16N2O3S3. The lowest BCUT2D eigenvalue weighted by Gasteiger charge is -2.26. The zero-order valence-electron chi connectivity index (χ0n) is 11.1. The summed E-state index contributed by atoms with van der Waals surface area (Å²) in [5, 5.41) is 1.72. The van der Waals surface area contributed by atoms with Crippen molar-refractivity contribution in [1.29, 1.82) is 0 Å². The first kappa shape index (κ1) is 15.5. The molecule has 0 saturated carbocycles. The molecule has 1 aromatic heterocycles. The number of hydrogen-bond donors (Lipinski definition) is 0. The number of thiazole rings is 1. The van der Waals surface area contributed by atoms with E-state index in [4.69, 9.17) is 0 Å². The summed E-state index contributed by atoms with van der Waals surface area (Å²) in [6, 6.07) is -0.273. The van der Waals surface area contributed by atoms with Gasteiger partial charge in [-0.1, -0.05) is 17.8 Å². The van der Waals surface area contributed by atoms with E-state index >= 15 is 0 Å². The molecule has 0 N–H and O–H groups in total. The molecule has 1 atom stereocenters. The lowest BCUT2D eigenvalue weighted by atomic mass is 10.2. The van der Waals surface area contributed by atoms with Gasteiger partial charge in [0.2, 0.25) is 0 Å². The first-order valence-electron chi connectivity index (χ1n) is 6.08. The number of nitrogens with zero attached hydrogens (tertiary/aromatic N) is 2. The molecule has 2 rings (SSSR count). The van der Waals surface area contributed by atoms with Crippen LogP contribution in [0.3, 0.4) is 0 Å². The van der Waals surface area contributed by atoms with Crippen LogP contribution in [0, 0.1) is 0 Å². The molecule has 110 valence electrons. The largest absolute Gasteiger partial charge is 0.330 e. The van der Waals surface area contributed by atoms with E-state index in [-0.39, 0.29) is 23.5 Å². The summed E-state index contributed by atoms with van der Waals surface area (Å²) >= 11 is 2.90. The van der Waals surface area contributed by atoms with E-state index in [0.717, 1.165) is 4.34 Å². The van der Waals surface area contributed by atoms with Gasteiger partial charge >= 0.3 is 0 Å². The molecule has 0 radical (unpaired) electrons. The average molecular weight is 332 g/mol. The van der Waals surface area contributed by atoms with Crippen LogP contribution in [0.2, 0.25) is 0 Å². The van der Waals surface area contributed by atoms with E-state index in [0.29, 0.717) is 18.7 Å². The average Bonchev–Trinajstić information content (AvgIpc) is 3.01. The Hall–Kier alpha value is -0.860. The molecule has 2 heterocycles. The summed E-state index contributed by atoms with van der Waals surface area (Å²) in [6.45, 7) is 3.98. The van der Waals surface area contributed by atoms with Crippen LogP contribution >= 0.6 is 23.1 Å². The molecule has 0 aliphatic carbocycles. The lowest BCUT2D eigenvalue weighted by molar-refractivity contribution is 0.0715. The molecule has 1 aliphatic rings. The quantitative estimate of drug-likeness (QED) is 0.606. The second-order valence-electron chi connectivity index (χ2n) is 4.51. The van der Waals surface area contributed by atoms with Gasteiger partial charge in [0.1, 0.15) is 10.0 Å². The fraction of sp³-hybridized carbons (Fsp3) is 0.500. The van der Waals surface area contributed by atoms with E-state index < -0.39 is 9.84 Å². The molecule has 1 unspecified atom stereocenters. The Bertz CT molecular complexity index is 609. The molecule has 0 bridgehead atoms. The van der Waals surface area contributed by atoms with Crippen LogP contribution in [-0.4, -0.2) is 54.6 Å². The van der Waals surface area contributed by atoms with Crippen molar-refractivity contribution >= 4 is 38.8 Å². The fourth-order valence-electron chi connectivity index (χ4n) is 2.15. The molecular weight excluding hydrogens is 316 g/mol. The first-order valence-corrected chi connectivity index (χ1v) is 10.0. The maximum absolute atomic E-state index is 12.5. The molecule has 5 nitrogen and oxygen atoms in total. The van der Waals surface area contributed by atoms with Crippen LogP contribution in [0.5, 0.6) is 0 Å². The van der Waals surface area contributed by atoms with Crippen molar-refractivity contribution < 1.29 is 13.2 Å². The van der Waals surface area contributed by atoms with Gasteiger partial charge in [0.25, 0.3) is 5.91 Å². The number of hydrogen-bond acceptors (Lipinski definition) is 6. The second kappa shape index (κ2) is 6.28. The zero-order chi connectivity index (χ0) is 14.8. The standard InChI is InChI=1S/C12H16N2O3S3/c1-3-5-14(9-4-6-20(16,17)8-9)11(15)10-7-19-12(13-10)18-2/h3,7,9H,1,4-6,8H2,2H3. The number of thioether (sulfide) groups is 1. The Morgan fingerprint density at radius 3 is 2.95 bits per heavy atom. The summed E-state index contributed by atoms with van der Waals surface area (Å²) in [4.78, 5) is 18.3. The predicted molar refractivity (Wildman–Crippen MR) is 82.2 cm³/mol. The van der Waals surface area contributed by atoms with Gasteiger partial charge in [-0.25, -0.2) is 13.4 Å². The Morgan fingerprint density at radius 1 is 1.70 bits per heavy atom. The van der Waals surface area contributed by atoms with Crippen molar-refractivity contribution in [3.8, 4) is 0 Å². The van der Waals surface area contributed by atoms with Crippen molar-refractivity contribution in [2.24, 2.45) is 0 Å². The first-order chi connectivity index (χ1) is 9.46. The van der Waals surface area contributed by atoms with Gasteiger partial charge < -0.3 is 4.90 Å². The fourth-order valence-corrected chi connectivity index (χ4v) is 5.12. The van der Waals surface area contributed by atoms with Crippen molar-refractivity contribution in [1.82, 2.24) is 9.88 Å². The maximum Gasteiger partial charge on any atom is 0.273 e. The van der Waals surface area contributed by atoms with Gasteiger partial charge in [-0.15, -0.1) is 17.9 Å². The van der Waals surface area contributed by atoms with Gasteiger partial charge in [-0.05, 0) is 12.7 Å². The Balaban J connectivity index is 2.20. The number of carbonyl (C=O) groups excluding carboxylic acids is 1. The van der Waals surface area contributed by atoms with Crippen LogP contribution in [0.25, 0.3) is 0 Å². The SMILES string of the molecule is C=CCN(C(=O)c1csc(SC)n1)C1CCS(=O)(=O)C1. The van der Waals surface area contributed by atoms with E-state index in [9.17, 15) is 13.2 Å². The Labute approximate surface area is 127 Å². The van der Waals surface area contributed by atoms with E-state index in [2.05, 4.69) is 11.6 Å². The zero-order valence-corrected chi connectivity index (χ0v) is 13.6. The third-order valence-electron chi connectivity index (χ3n) is 3.11. The van der Waals surface area contributed by atoms with E-state index in [1.54, 1.807) is 16.4 Å². The van der Waals surface area contributed by atoms with E-state index in [1.165, 1.54) is 23.1 Å². The maximum atomic E-state index is 12.5. The van der Waals surface area contributed by atoms with Crippen LogP contribution in [0.1, 0.15) is 16.9 Å². The summed E-state index contributed by atoms with van der Waals surface area (Å²) in [5.41, 5.74) is 0.380. The highest BCUT2D eigenvalue weighted by Gasteiger charge is 2.35. The molecule has 20 heavy (non-hydrogen) atoms. The molecule has 1 aromatic rings. The molecule has 1 amide bonds. The van der Waals surface area contributed by atoms with Gasteiger partial charge in [0, 0.05) is 18.0 Å². The molecule has 1 fully saturated rings. The van der Waals surface area contributed by atoms with Crippen LogP contribution in [0.4, 0.5) is 0 Å². The minimum Gasteiger partial charge on any atom is -0.330 e. The van der Waals surface area contributed by atoms with Crippen LogP contribution in [0.15, 0.2) is 22.4 Å². The number of sulfone groups is 1. The molecule has 0 spiro atoms. The van der Waals surface area contributed by atoms with Crippen molar-refractivity contribution in [3.05, 3.63) is 23.7 Å². The summed E-state index contributed by atoms with van der Waals surface area (Å²) in [6.07, 6.45) is 4.00. The second-order valence-corrected chi connectivity index (χ2v) is 8.65. The summed E-state index contributed by atoms with van der Waals surface area (Å²) in [7, 11) is -3.02. The van der Waals surface area contributed by atoms with Gasteiger partial charge in [-0.3, -0.25) is 4.79 Å². The lowest BCUT2D eigenvalue weighted by Crippen LogP contribution is -2.41. The Kier molecular flexibility index (Phi) is 4.87. The van der Waals surface area contributed by atoms with E-state index in [1.807, 2.05) is 6.26 Å². The third kappa shape index (κ3) is 3.42. The predicted octanol–water partition coefficient (Wildman–Crippen LogP) is 1.68. The van der Waals surface area contributed by atoms with Crippen LogP contribution in [-0.2, 0) is 9.84 Å². The van der Waals surface area contributed by atoms with Gasteiger partial charge in [0.15, 0.2) is 9.84 Å². The molecule has 1 saturated heterocycles. The van der Waals surface area contributed by atoms with Gasteiger partial charge in [0.05, 0.1) is 11.5 Å². The highest BCUT2D eigenvalue weighted by atomic mass is 32.2. The monoisotopic (exact) mass is 332 g/mol. The van der Waals surface area contributed by atoms with Crippen molar-refractivity contribution in [2.45, 2.75) is 16.8 Å². The van der Waals surface area contributed by atoms with Crippen LogP contribution < -0.4 is 0 Å². The topological polar surface area (TPSA) is 67.3 Å².